The van der Waals surface area contributed by atoms with Gasteiger partial charge in [-0.2, -0.15) is 0 Å². The second-order valence-corrected chi connectivity index (χ2v) is 9.38. The van der Waals surface area contributed by atoms with Crippen molar-refractivity contribution >= 4 is 22.6 Å². The van der Waals surface area contributed by atoms with Crippen LogP contribution >= 0.6 is 0 Å². The van der Waals surface area contributed by atoms with Gasteiger partial charge in [-0.25, -0.2) is 9.37 Å². The number of hydrogen-bond donors (Lipinski definition) is 1. The molecule has 2 aromatic heterocycles. The molecular formula is C28H32FN3O3. The first-order chi connectivity index (χ1) is 17.1. The number of nitrogens with zero attached hydrogens (tertiary/aromatic N) is 2. The number of carbonyl (C=O) groups is 1. The minimum Gasteiger partial charge on any atom is -0.496 e. The molecular weight excluding hydrogens is 445 g/mol. The van der Waals surface area contributed by atoms with E-state index in [1.807, 2.05) is 13.0 Å². The van der Waals surface area contributed by atoms with E-state index in [0.29, 0.717) is 24.0 Å². The van der Waals surface area contributed by atoms with E-state index in [0.717, 1.165) is 67.5 Å². The van der Waals surface area contributed by atoms with Gasteiger partial charge < -0.3 is 14.5 Å². The van der Waals surface area contributed by atoms with Gasteiger partial charge in [-0.15, -0.1) is 0 Å². The van der Waals surface area contributed by atoms with Crippen molar-refractivity contribution < 1.29 is 18.7 Å². The topological polar surface area (TPSA) is 67.4 Å². The molecule has 5 rings (SSSR count). The Bertz CT molecular complexity index is 1240. The molecule has 184 valence electrons. The third kappa shape index (κ3) is 4.82. The molecule has 1 aliphatic heterocycles. The van der Waals surface area contributed by atoms with Crippen molar-refractivity contribution in [1.82, 2.24) is 14.9 Å². The second-order valence-electron chi connectivity index (χ2n) is 9.38. The van der Waals surface area contributed by atoms with Gasteiger partial charge in [0.15, 0.2) is 0 Å². The Kier molecular flexibility index (Phi) is 6.86. The monoisotopic (exact) mass is 477 g/mol. The van der Waals surface area contributed by atoms with E-state index < -0.39 is 0 Å². The number of carbonyl (C=O) groups excluding carboxylic acids is 1. The van der Waals surface area contributed by atoms with Crippen molar-refractivity contribution in [3.05, 3.63) is 54.1 Å². The first-order valence-corrected chi connectivity index (χ1v) is 12.5. The fourth-order valence-corrected chi connectivity index (χ4v) is 5.52. The number of aromatic nitrogens is 2. The van der Waals surface area contributed by atoms with Crippen LogP contribution in [-0.4, -0.2) is 53.7 Å². The van der Waals surface area contributed by atoms with Crippen molar-refractivity contribution in [2.75, 3.05) is 26.8 Å². The predicted molar refractivity (Wildman–Crippen MR) is 135 cm³/mol. The summed E-state index contributed by atoms with van der Waals surface area (Å²) in [4.78, 5) is 22.6. The number of methoxy groups -OCH3 is 1. The van der Waals surface area contributed by atoms with Crippen LogP contribution in [0.5, 0.6) is 5.75 Å². The van der Waals surface area contributed by atoms with Gasteiger partial charge in [0.1, 0.15) is 17.2 Å². The first kappa shape index (κ1) is 23.5. The highest BCUT2D eigenvalue weighted by Crippen LogP contribution is 2.37. The Morgan fingerprint density at radius 1 is 1.17 bits per heavy atom. The molecule has 3 heterocycles. The number of H-pyrrole nitrogens is 1. The summed E-state index contributed by atoms with van der Waals surface area (Å²) >= 11 is 0. The summed E-state index contributed by atoms with van der Waals surface area (Å²) in [5, 5.41) is 0.951. The lowest BCUT2D eigenvalue weighted by atomic mass is 9.84. The standard InChI is InChI=1S/C28H32FN3O3/c1-3-35-28(33)19-4-7-21(8-5-19)32-14-11-18(12-15-32)25-17-24-22(10-13-30-27(24)31-25)23-16-20(29)6-9-26(23)34-2/h6,9-11,13,16-17,19,21H,3-5,7-8,12,14-15H2,1-2H3,(H,30,31). The van der Waals surface area contributed by atoms with Crippen molar-refractivity contribution in [2.24, 2.45) is 5.92 Å². The van der Waals surface area contributed by atoms with Crippen LogP contribution in [0.15, 0.2) is 42.6 Å². The lowest BCUT2D eigenvalue weighted by molar-refractivity contribution is -0.149. The molecule has 0 saturated heterocycles. The second kappa shape index (κ2) is 10.2. The fraction of sp³-hybridized carbons (Fsp3) is 0.429. The summed E-state index contributed by atoms with van der Waals surface area (Å²) in [6, 6.07) is 9.12. The van der Waals surface area contributed by atoms with Crippen LogP contribution < -0.4 is 4.74 Å². The SMILES string of the molecule is CCOC(=O)C1CCC(N2CC=C(c3cc4c(-c5cc(F)ccc5OC)ccnc4[nH]3)CC2)CC1. The van der Waals surface area contributed by atoms with Gasteiger partial charge in [0.05, 0.1) is 19.6 Å². The average Bonchev–Trinajstić information content (AvgIpc) is 3.34. The van der Waals surface area contributed by atoms with Gasteiger partial charge in [0, 0.05) is 42.0 Å². The number of benzene rings is 1. The molecule has 3 aromatic rings. The maximum Gasteiger partial charge on any atom is 0.308 e. The Morgan fingerprint density at radius 3 is 2.71 bits per heavy atom. The van der Waals surface area contributed by atoms with Crippen molar-refractivity contribution in [3.8, 4) is 16.9 Å². The van der Waals surface area contributed by atoms with Gasteiger partial charge in [-0.3, -0.25) is 9.69 Å². The molecule has 7 heteroatoms. The summed E-state index contributed by atoms with van der Waals surface area (Å²) < 4.78 is 24.7. The third-order valence-electron chi connectivity index (χ3n) is 7.40. The fourth-order valence-electron chi connectivity index (χ4n) is 5.52. The van der Waals surface area contributed by atoms with E-state index in [9.17, 15) is 9.18 Å². The van der Waals surface area contributed by atoms with Gasteiger partial charge in [-0.1, -0.05) is 6.08 Å². The molecule has 35 heavy (non-hydrogen) atoms. The molecule has 0 spiro atoms. The summed E-state index contributed by atoms with van der Waals surface area (Å²) in [7, 11) is 1.60. The van der Waals surface area contributed by atoms with Crippen molar-refractivity contribution in [1.29, 1.82) is 0 Å². The van der Waals surface area contributed by atoms with Crippen LogP contribution in [0, 0.1) is 11.7 Å². The number of fused-ring (bicyclic) bond motifs is 1. The van der Waals surface area contributed by atoms with E-state index in [-0.39, 0.29) is 17.7 Å². The van der Waals surface area contributed by atoms with E-state index in [1.165, 1.54) is 17.7 Å². The van der Waals surface area contributed by atoms with Gasteiger partial charge >= 0.3 is 5.97 Å². The third-order valence-corrected chi connectivity index (χ3v) is 7.40. The van der Waals surface area contributed by atoms with Gasteiger partial charge in [-0.05, 0) is 80.5 Å². The number of esters is 1. The van der Waals surface area contributed by atoms with Crippen molar-refractivity contribution in [2.45, 2.75) is 45.1 Å². The number of hydrogen-bond acceptors (Lipinski definition) is 5. The highest BCUT2D eigenvalue weighted by Gasteiger charge is 2.31. The smallest absolute Gasteiger partial charge is 0.308 e. The quantitative estimate of drug-likeness (QED) is 0.469. The molecule has 0 radical (unpaired) electrons. The van der Waals surface area contributed by atoms with Gasteiger partial charge in [0.25, 0.3) is 0 Å². The molecule has 6 nitrogen and oxygen atoms in total. The lowest BCUT2D eigenvalue weighted by Gasteiger charge is -2.37. The van der Waals surface area contributed by atoms with Crippen LogP contribution in [0.4, 0.5) is 4.39 Å². The normalized spacial score (nSPS) is 21.1. The average molecular weight is 478 g/mol. The number of pyridine rings is 1. The summed E-state index contributed by atoms with van der Waals surface area (Å²) in [6.45, 7) is 4.22. The summed E-state index contributed by atoms with van der Waals surface area (Å²) in [5.41, 5.74) is 4.72. The van der Waals surface area contributed by atoms with Crippen molar-refractivity contribution in [3.63, 3.8) is 0 Å². The summed E-state index contributed by atoms with van der Waals surface area (Å²) in [5.74, 6) is 0.362. The molecule has 1 aliphatic carbocycles. The Labute approximate surface area is 205 Å². The Hall–Kier alpha value is -3.19. The van der Waals surface area contributed by atoms with E-state index >= 15 is 0 Å². The summed E-state index contributed by atoms with van der Waals surface area (Å²) in [6.07, 6.45) is 8.90. The maximum absolute atomic E-state index is 14.0. The molecule has 1 fully saturated rings. The largest absolute Gasteiger partial charge is 0.496 e. The minimum absolute atomic E-state index is 0.0329. The molecule has 0 amide bonds. The number of rotatable bonds is 6. The predicted octanol–water partition coefficient (Wildman–Crippen LogP) is 5.59. The zero-order valence-electron chi connectivity index (χ0n) is 20.4. The maximum atomic E-state index is 14.0. The van der Waals surface area contributed by atoms with Crippen LogP contribution in [0.3, 0.4) is 0 Å². The Balaban J connectivity index is 1.31. The number of ether oxygens (including phenoxy) is 2. The lowest BCUT2D eigenvalue weighted by Crippen LogP contribution is -2.41. The minimum atomic E-state index is -0.298. The van der Waals surface area contributed by atoms with E-state index in [4.69, 9.17) is 9.47 Å². The van der Waals surface area contributed by atoms with Gasteiger partial charge in [0.2, 0.25) is 0 Å². The number of aromatic amines is 1. The zero-order chi connectivity index (χ0) is 24.4. The highest BCUT2D eigenvalue weighted by molar-refractivity contribution is 5.96. The Morgan fingerprint density at radius 2 is 2.00 bits per heavy atom. The molecule has 0 unspecified atom stereocenters. The van der Waals surface area contributed by atoms with Crippen LogP contribution in [0.2, 0.25) is 0 Å². The molecule has 1 N–H and O–H groups in total. The molecule has 0 atom stereocenters. The van der Waals surface area contributed by atoms with Crippen LogP contribution in [0.25, 0.3) is 27.7 Å². The molecule has 1 aromatic carbocycles. The molecule has 0 bridgehead atoms. The zero-order valence-corrected chi connectivity index (χ0v) is 20.4. The molecule has 1 saturated carbocycles. The first-order valence-electron chi connectivity index (χ1n) is 12.5. The van der Waals surface area contributed by atoms with Crippen LogP contribution in [-0.2, 0) is 9.53 Å². The number of halogens is 1. The highest BCUT2D eigenvalue weighted by atomic mass is 19.1. The van der Waals surface area contributed by atoms with E-state index in [1.54, 1.807) is 19.4 Å². The van der Waals surface area contributed by atoms with Crippen LogP contribution in [0.1, 0.15) is 44.7 Å². The van der Waals surface area contributed by atoms with E-state index in [2.05, 4.69) is 27.0 Å². The number of nitrogens with one attached hydrogen (secondary N) is 1. The molecule has 2 aliphatic rings.